The lowest BCUT2D eigenvalue weighted by atomic mass is 10.0. The van der Waals surface area contributed by atoms with Crippen molar-refractivity contribution < 1.29 is 9.53 Å². The maximum atomic E-state index is 12.1. The van der Waals surface area contributed by atoms with Gasteiger partial charge < -0.3 is 15.4 Å². The van der Waals surface area contributed by atoms with Crippen LogP contribution < -0.4 is 5.73 Å². The molecule has 0 fully saturated rings. The molecule has 0 aromatic heterocycles. The lowest BCUT2D eigenvalue weighted by Crippen LogP contribution is -2.40. The van der Waals surface area contributed by atoms with Gasteiger partial charge in [-0.15, -0.1) is 0 Å². The Labute approximate surface area is 99.1 Å². The Morgan fingerprint density at radius 3 is 2.50 bits per heavy atom. The highest BCUT2D eigenvalue weighted by atomic mass is 16.5. The highest BCUT2D eigenvalue weighted by molar-refractivity contribution is 5.79. The average molecular weight is 230 g/mol. The lowest BCUT2D eigenvalue weighted by molar-refractivity contribution is -0.136. The number of rotatable bonds is 9. The number of hydrogen-bond acceptors (Lipinski definition) is 3. The van der Waals surface area contributed by atoms with Crippen LogP contribution in [-0.4, -0.2) is 43.7 Å². The van der Waals surface area contributed by atoms with E-state index in [4.69, 9.17) is 10.5 Å². The molecule has 0 spiro atoms. The summed E-state index contributed by atoms with van der Waals surface area (Å²) in [5.74, 6) is 0.151. The van der Waals surface area contributed by atoms with Gasteiger partial charge in [-0.3, -0.25) is 4.79 Å². The van der Waals surface area contributed by atoms with Gasteiger partial charge in [0.15, 0.2) is 0 Å². The van der Waals surface area contributed by atoms with Crippen LogP contribution in [0.25, 0.3) is 0 Å². The van der Waals surface area contributed by atoms with E-state index >= 15 is 0 Å². The topological polar surface area (TPSA) is 55.6 Å². The van der Waals surface area contributed by atoms with Crippen molar-refractivity contribution in [2.24, 2.45) is 11.7 Å². The van der Waals surface area contributed by atoms with E-state index in [0.717, 1.165) is 19.4 Å². The molecule has 0 saturated heterocycles. The van der Waals surface area contributed by atoms with Crippen molar-refractivity contribution in [3.05, 3.63) is 0 Å². The second kappa shape index (κ2) is 9.60. The Hall–Kier alpha value is -0.610. The first-order valence-corrected chi connectivity index (χ1v) is 6.27. The fourth-order valence-electron chi connectivity index (χ4n) is 1.69. The van der Waals surface area contributed by atoms with Crippen LogP contribution in [0, 0.1) is 5.92 Å². The summed E-state index contributed by atoms with van der Waals surface area (Å²) in [5.41, 5.74) is 5.63. The Bertz CT molecular complexity index is 186. The smallest absolute Gasteiger partial charge is 0.227 e. The zero-order chi connectivity index (χ0) is 12.4. The minimum absolute atomic E-state index is 0.0217. The second-order valence-electron chi connectivity index (χ2n) is 3.84. The van der Waals surface area contributed by atoms with Crippen LogP contribution in [0.4, 0.5) is 0 Å². The Morgan fingerprint density at radius 1 is 1.38 bits per heavy atom. The van der Waals surface area contributed by atoms with Crippen molar-refractivity contribution in [3.8, 4) is 0 Å². The van der Waals surface area contributed by atoms with E-state index in [1.54, 1.807) is 0 Å². The van der Waals surface area contributed by atoms with Crippen molar-refractivity contribution in [1.82, 2.24) is 4.90 Å². The van der Waals surface area contributed by atoms with Gasteiger partial charge in [-0.25, -0.2) is 0 Å². The molecule has 16 heavy (non-hydrogen) atoms. The van der Waals surface area contributed by atoms with Crippen LogP contribution in [0.5, 0.6) is 0 Å². The van der Waals surface area contributed by atoms with Crippen molar-refractivity contribution in [1.29, 1.82) is 0 Å². The van der Waals surface area contributed by atoms with Gasteiger partial charge in [0.05, 0.1) is 12.5 Å². The molecular formula is C12H26N2O2. The molecule has 0 heterocycles. The summed E-state index contributed by atoms with van der Waals surface area (Å²) in [7, 11) is 0. The standard InChI is InChI=1S/C12H26N2O2/c1-4-7-11(10-13)12(15)14(5-2)8-9-16-6-3/h11H,4-10,13H2,1-3H3. The van der Waals surface area contributed by atoms with E-state index in [0.29, 0.717) is 26.3 Å². The number of carbonyl (C=O) groups excluding carboxylic acids is 1. The maximum absolute atomic E-state index is 12.1. The molecule has 0 aliphatic heterocycles. The summed E-state index contributed by atoms with van der Waals surface area (Å²) in [6, 6.07) is 0. The monoisotopic (exact) mass is 230 g/mol. The lowest BCUT2D eigenvalue weighted by Gasteiger charge is -2.25. The first-order valence-electron chi connectivity index (χ1n) is 6.27. The molecule has 2 N–H and O–H groups in total. The average Bonchev–Trinajstić information content (AvgIpc) is 2.31. The molecule has 0 saturated carbocycles. The fraction of sp³-hybridized carbons (Fsp3) is 0.917. The first-order chi connectivity index (χ1) is 7.71. The Kier molecular flexibility index (Phi) is 9.24. The molecule has 0 aliphatic carbocycles. The zero-order valence-corrected chi connectivity index (χ0v) is 10.9. The van der Waals surface area contributed by atoms with Crippen LogP contribution in [0.15, 0.2) is 0 Å². The van der Waals surface area contributed by atoms with E-state index in [1.165, 1.54) is 0 Å². The van der Waals surface area contributed by atoms with Crippen LogP contribution in [-0.2, 0) is 9.53 Å². The molecular weight excluding hydrogens is 204 g/mol. The summed E-state index contributed by atoms with van der Waals surface area (Å²) in [5, 5.41) is 0. The van der Waals surface area contributed by atoms with Crippen molar-refractivity contribution in [2.75, 3.05) is 32.8 Å². The molecule has 1 amide bonds. The molecule has 0 aliphatic rings. The largest absolute Gasteiger partial charge is 0.380 e. The summed E-state index contributed by atoms with van der Waals surface area (Å²) >= 11 is 0. The normalized spacial score (nSPS) is 12.5. The Morgan fingerprint density at radius 2 is 2.06 bits per heavy atom. The summed E-state index contributed by atoms with van der Waals surface area (Å²) in [4.78, 5) is 13.9. The number of hydrogen-bond donors (Lipinski definition) is 1. The zero-order valence-electron chi connectivity index (χ0n) is 10.9. The third-order valence-electron chi connectivity index (χ3n) is 2.67. The molecule has 0 aromatic carbocycles. The SMILES string of the molecule is CCCC(CN)C(=O)N(CC)CCOCC. The minimum atomic E-state index is -0.0217. The molecule has 1 atom stereocenters. The quantitative estimate of drug-likeness (QED) is 0.606. The highest BCUT2D eigenvalue weighted by Gasteiger charge is 2.20. The van der Waals surface area contributed by atoms with E-state index < -0.39 is 0 Å². The van der Waals surface area contributed by atoms with Crippen LogP contribution in [0.3, 0.4) is 0 Å². The van der Waals surface area contributed by atoms with Gasteiger partial charge in [0.25, 0.3) is 0 Å². The maximum Gasteiger partial charge on any atom is 0.227 e. The number of amides is 1. The number of nitrogens with two attached hydrogens (primary N) is 1. The first kappa shape index (κ1) is 15.4. The van der Waals surface area contributed by atoms with Crippen molar-refractivity contribution >= 4 is 5.91 Å². The van der Waals surface area contributed by atoms with Gasteiger partial charge in [0.1, 0.15) is 0 Å². The van der Waals surface area contributed by atoms with E-state index in [9.17, 15) is 4.79 Å². The number of likely N-dealkylation sites (N-methyl/N-ethyl adjacent to an activating group) is 1. The van der Waals surface area contributed by atoms with E-state index in [2.05, 4.69) is 6.92 Å². The third kappa shape index (κ3) is 5.47. The van der Waals surface area contributed by atoms with Crippen molar-refractivity contribution in [3.63, 3.8) is 0 Å². The summed E-state index contributed by atoms with van der Waals surface area (Å²) in [6.45, 7) is 9.17. The predicted molar refractivity (Wildman–Crippen MR) is 66.2 cm³/mol. The summed E-state index contributed by atoms with van der Waals surface area (Å²) < 4.78 is 5.26. The van der Waals surface area contributed by atoms with Gasteiger partial charge in [-0.1, -0.05) is 13.3 Å². The molecule has 0 bridgehead atoms. The molecule has 1 unspecified atom stereocenters. The van der Waals surface area contributed by atoms with Crippen LogP contribution in [0.1, 0.15) is 33.6 Å². The van der Waals surface area contributed by atoms with Gasteiger partial charge in [0.2, 0.25) is 5.91 Å². The molecule has 0 rings (SSSR count). The van der Waals surface area contributed by atoms with E-state index in [-0.39, 0.29) is 11.8 Å². The van der Waals surface area contributed by atoms with Gasteiger partial charge in [0, 0.05) is 26.2 Å². The second-order valence-corrected chi connectivity index (χ2v) is 3.84. The van der Waals surface area contributed by atoms with Crippen LogP contribution >= 0.6 is 0 Å². The van der Waals surface area contributed by atoms with Gasteiger partial charge in [-0.05, 0) is 20.3 Å². The van der Waals surface area contributed by atoms with Crippen LogP contribution in [0.2, 0.25) is 0 Å². The summed E-state index contributed by atoms with van der Waals surface area (Å²) in [6.07, 6.45) is 1.87. The predicted octanol–water partition coefficient (Wildman–Crippen LogP) is 1.25. The number of ether oxygens (including phenoxy) is 1. The molecule has 96 valence electrons. The minimum Gasteiger partial charge on any atom is -0.380 e. The molecule has 4 heteroatoms. The number of nitrogens with zero attached hydrogens (tertiary/aromatic N) is 1. The van der Waals surface area contributed by atoms with E-state index in [1.807, 2.05) is 18.7 Å². The Balaban J connectivity index is 4.15. The molecule has 4 nitrogen and oxygen atoms in total. The highest BCUT2D eigenvalue weighted by Crippen LogP contribution is 2.09. The van der Waals surface area contributed by atoms with Crippen molar-refractivity contribution in [2.45, 2.75) is 33.6 Å². The van der Waals surface area contributed by atoms with Gasteiger partial charge in [-0.2, -0.15) is 0 Å². The fourth-order valence-corrected chi connectivity index (χ4v) is 1.69. The molecule has 0 aromatic rings. The third-order valence-corrected chi connectivity index (χ3v) is 2.67. The van der Waals surface area contributed by atoms with Gasteiger partial charge >= 0.3 is 0 Å². The number of carbonyl (C=O) groups is 1. The molecule has 0 radical (unpaired) electrons.